The van der Waals surface area contributed by atoms with Gasteiger partial charge in [0, 0.05) is 17.8 Å². The van der Waals surface area contributed by atoms with Crippen molar-refractivity contribution in [3.8, 4) is 0 Å². The fraction of sp³-hybridized carbons (Fsp3) is 0.455. The number of rotatable bonds is 5. The Kier molecular flexibility index (Phi) is 3.84. The average Bonchev–Trinajstić information content (AvgIpc) is 2.29. The Morgan fingerprint density at radius 2 is 2.00 bits per heavy atom. The fourth-order valence-corrected chi connectivity index (χ4v) is 1.25. The highest BCUT2D eigenvalue weighted by Gasteiger charge is 2.20. The van der Waals surface area contributed by atoms with Crippen molar-refractivity contribution in [2.24, 2.45) is 0 Å². The summed E-state index contributed by atoms with van der Waals surface area (Å²) in [6, 6.07) is 6.16. The molecule has 0 bridgehead atoms. The number of benzene rings is 1. The van der Waals surface area contributed by atoms with Crippen LogP contribution >= 0.6 is 0 Å². The van der Waals surface area contributed by atoms with Gasteiger partial charge in [-0.25, -0.2) is 0 Å². The molecule has 1 aromatic rings. The molecule has 88 valence electrons. The number of nitrogens with zero attached hydrogens (tertiary/aromatic N) is 1. The number of aliphatic hydroxyl groups is 1. The molecule has 0 aliphatic carbocycles. The Balaban J connectivity index is 2.79. The molecule has 2 N–H and O–H groups in total. The van der Waals surface area contributed by atoms with E-state index in [9.17, 15) is 15.2 Å². The van der Waals surface area contributed by atoms with Gasteiger partial charge in [-0.15, -0.1) is 0 Å². The number of hydrogen-bond acceptors (Lipinski definition) is 4. The molecule has 1 aromatic carbocycles. The molecule has 0 aliphatic heterocycles. The van der Waals surface area contributed by atoms with Crippen molar-refractivity contribution in [3.63, 3.8) is 0 Å². The molecule has 0 fully saturated rings. The zero-order chi connectivity index (χ0) is 12.2. The Hall–Kier alpha value is -1.62. The van der Waals surface area contributed by atoms with E-state index in [2.05, 4.69) is 5.32 Å². The van der Waals surface area contributed by atoms with Gasteiger partial charge in [0.1, 0.15) is 0 Å². The average molecular weight is 224 g/mol. The number of nitro benzene ring substituents is 1. The maximum Gasteiger partial charge on any atom is 0.269 e. The van der Waals surface area contributed by atoms with Crippen LogP contribution in [0.1, 0.15) is 20.3 Å². The molecule has 1 atom stereocenters. The molecule has 0 spiro atoms. The van der Waals surface area contributed by atoms with Gasteiger partial charge in [-0.2, -0.15) is 0 Å². The van der Waals surface area contributed by atoms with Crippen LogP contribution in [0.3, 0.4) is 0 Å². The van der Waals surface area contributed by atoms with E-state index in [1.807, 2.05) is 13.8 Å². The molecule has 0 saturated heterocycles. The topological polar surface area (TPSA) is 75.4 Å². The standard InChI is InChI=1S/C11H16N2O3/c1-3-11(2,8-14)12-9-4-6-10(7-5-9)13(15)16/h4-7,12,14H,3,8H2,1-2H3. The van der Waals surface area contributed by atoms with Crippen molar-refractivity contribution < 1.29 is 10.0 Å². The van der Waals surface area contributed by atoms with Gasteiger partial charge in [-0.3, -0.25) is 10.1 Å². The van der Waals surface area contributed by atoms with Crippen LogP contribution in [0, 0.1) is 10.1 Å². The Morgan fingerprint density at radius 1 is 1.44 bits per heavy atom. The number of anilines is 1. The smallest absolute Gasteiger partial charge is 0.269 e. The fourth-order valence-electron chi connectivity index (χ4n) is 1.25. The van der Waals surface area contributed by atoms with Gasteiger partial charge in [0.25, 0.3) is 5.69 Å². The van der Waals surface area contributed by atoms with Crippen LogP contribution in [-0.4, -0.2) is 22.2 Å². The highest BCUT2D eigenvalue weighted by atomic mass is 16.6. The van der Waals surface area contributed by atoms with E-state index in [1.54, 1.807) is 12.1 Å². The third-order valence-electron chi connectivity index (χ3n) is 2.65. The molecule has 5 nitrogen and oxygen atoms in total. The van der Waals surface area contributed by atoms with E-state index in [4.69, 9.17) is 0 Å². The van der Waals surface area contributed by atoms with Crippen LogP contribution in [0.5, 0.6) is 0 Å². The summed E-state index contributed by atoms with van der Waals surface area (Å²) >= 11 is 0. The second-order valence-electron chi connectivity index (χ2n) is 4.00. The van der Waals surface area contributed by atoms with Crippen molar-refractivity contribution in [2.45, 2.75) is 25.8 Å². The highest BCUT2D eigenvalue weighted by molar-refractivity contribution is 5.50. The minimum absolute atomic E-state index is 0.0144. The van der Waals surface area contributed by atoms with Gasteiger partial charge in [-0.1, -0.05) is 6.92 Å². The first-order valence-corrected chi connectivity index (χ1v) is 5.14. The van der Waals surface area contributed by atoms with Crippen LogP contribution in [0.15, 0.2) is 24.3 Å². The molecular weight excluding hydrogens is 208 g/mol. The Labute approximate surface area is 94.3 Å². The molecule has 0 aromatic heterocycles. The van der Waals surface area contributed by atoms with Crippen LogP contribution in [-0.2, 0) is 0 Å². The van der Waals surface area contributed by atoms with Crippen molar-refractivity contribution in [1.82, 2.24) is 0 Å². The Morgan fingerprint density at radius 3 is 2.38 bits per heavy atom. The summed E-state index contributed by atoms with van der Waals surface area (Å²) in [6.45, 7) is 3.88. The lowest BCUT2D eigenvalue weighted by Crippen LogP contribution is -2.37. The van der Waals surface area contributed by atoms with Crippen molar-refractivity contribution in [2.75, 3.05) is 11.9 Å². The molecule has 1 rings (SSSR count). The van der Waals surface area contributed by atoms with E-state index >= 15 is 0 Å². The molecule has 16 heavy (non-hydrogen) atoms. The zero-order valence-electron chi connectivity index (χ0n) is 9.43. The van der Waals surface area contributed by atoms with Crippen LogP contribution in [0.4, 0.5) is 11.4 Å². The summed E-state index contributed by atoms with van der Waals surface area (Å²) < 4.78 is 0. The molecule has 0 radical (unpaired) electrons. The second-order valence-corrected chi connectivity index (χ2v) is 4.00. The van der Waals surface area contributed by atoms with E-state index in [-0.39, 0.29) is 12.3 Å². The van der Waals surface area contributed by atoms with Crippen molar-refractivity contribution >= 4 is 11.4 Å². The van der Waals surface area contributed by atoms with Crippen LogP contribution in [0.2, 0.25) is 0 Å². The minimum atomic E-state index is -0.436. The largest absolute Gasteiger partial charge is 0.394 e. The first-order valence-electron chi connectivity index (χ1n) is 5.14. The first-order chi connectivity index (χ1) is 7.50. The summed E-state index contributed by atoms with van der Waals surface area (Å²) in [7, 11) is 0. The van der Waals surface area contributed by atoms with Crippen molar-refractivity contribution in [1.29, 1.82) is 0 Å². The first kappa shape index (κ1) is 12.4. The van der Waals surface area contributed by atoms with E-state index in [0.29, 0.717) is 0 Å². The van der Waals surface area contributed by atoms with Gasteiger partial charge in [0.05, 0.1) is 17.1 Å². The lowest BCUT2D eigenvalue weighted by molar-refractivity contribution is -0.384. The number of nitrogens with one attached hydrogen (secondary N) is 1. The third kappa shape index (κ3) is 2.93. The summed E-state index contributed by atoms with van der Waals surface area (Å²) in [5.41, 5.74) is 0.438. The lowest BCUT2D eigenvalue weighted by atomic mass is 10.00. The van der Waals surface area contributed by atoms with Crippen LogP contribution in [0.25, 0.3) is 0 Å². The van der Waals surface area contributed by atoms with Gasteiger partial charge in [0.15, 0.2) is 0 Å². The zero-order valence-corrected chi connectivity index (χ0v) is 9.43. The summed E-state index contributed by atoms with van der Waals surface area (Å²) in [5.74, 6) is 0. The predicted octanol–water partition coefficient (Wildman–Crippen LogP) is 2.17. The summed E-state index contributed by atoms with van der Waals surface area (Å²) in [6.07, 6.45) is 0.764. The number of hydrogen-bond donors (Lipinski definition) is 2. The minimum Gasteiger partial charge on any atom is -0.394 e. The lowest BCUT2D eigenvalue weighted by Gasteiger charge is -2.28. The molecule has 5 heteroatoms. The SMILES string of the molecule is CCC(C)(CO)Nc1ccc([N+](=O)[O-])cc1. The maximum atomic E-state index is 10.5. The van der Waals surface area contributed by atoms with Gasteiger partial charge in [-0.05, 0) is 25.5 Å². The molecular formula is C11H16N2O3. The normalized spacial score (nSPS) is 14.2. The van der Waals surface area contributed by atoms with E-state index in [1.165, 1.54) is 12.1 Å². The van der Waals surface area contributed by atoms with Crippen molar-refractivity contribution in [3.05, 3.63) is 34.4 Å². The molecule has 0 amide bonds. The number of non-ortho nitro benzene ring substituents is 1. The molecule has 0 heterocycles. The van der Waals surface area contributed by atoms with Crippen LogP contribution < -0.4 is 5.32 Å². The third-order valence-corrected chi connectivity index (χ3v) is 2.65. The van der Waals surface area contributed by atoms with Gasteiger partial charge < -0.3 is 10.4 Å². The summed E-state index contributed by atoms with van der Waals surface area (Å²) in [5, 5.41) is 22.8. The summed E-state index contributed by atoms with van der Waals surface area (Å²) in [4.78, 5) is 10.0. The highest BCUT2D eigenvalue weighted by Crippen LogP contribution is 2.20. The monoisotopic (exact) mass is 224 g/mol. The maximum absolute atomic E-state index is 10.5. The Bertz CT molecular complexity index is 358. The second kappa shape index (κ2) is 4.94. The number of nitro groups is 1. The van der Waals surface area contributed by atoms with Gasteiger partial charge in [0.2, 0.25) is 0 Å². The molecule has 0 aliphatic rings. The quantitative estimate of drug-likeness (QED) is 0.593. The molecule has 1 unspecified atom stereocenters. The predicted molar refractivity (Wildman–Crippen MR) is 62.5 cm³/mol. The van der Waals surface area contributed by atoms with E-state index in [0.717, 1.165) is 12.1 Å². The molecule has 0 saturated carbocycles. The van der Waals surface area contributed by atoms with E-state index < -0.39 is 10.5 Å². The van der Waals surface area contributed by atoms with Gasteiger partial charge >= 0.3 is 0 Å². The number of aliphatic hydroxyl groups excluding tert-OH is 1.